The highest BCUT2D eigenvalue weighted by Crippen LogP contribution is 2.43. The molecule has 35 heavy (non-hydrogen) atoms. The largest absolute Gasteiger partial charge is 0.455 e. The van der Waals surface area contributed by atoms with Gasteiger partial charge in [-0.05, 0) is 25.5 Å². The first-order valence-corrected chi connectivity index (χ1v) is 12.3. The maximum absolute atomic E-state index is 14.2. The molecule has 11 heteroatoms. The predicted octanol–water partition coefficient (Wildman–Crippen LogP) is 4.53. The Kier molecular flexibility index (Phi) is 10.3. The molecule has 0 unspecified atom stereocenters. The van der Waals surface area contributed by atoms with Crippen LogP contribution in [0.15, 0.2) is 59.5 Å². The summed E-state index contributed by atoms with van der Waals surface area (Å²) in [7, 11) is -3.52. The fourth-order valence-corrected chi connectivity index (χ4v) is 4.07. The SMILES string of the molecule is CCCCOC[C@@H](COS(=O)(=O)c1ccc(C)cc1)OC(=O)[C@@](OC)(c1ccccc1)C(F)(F)F. The molecule has 0 radical (unpaired) electrons. The van der Waals surface area contributed by atoms with Crippen molar-refractivity contribution >= 4 is 16.1 Å². The van der Waals surface area contributed by atoms with Crippen molar-refractivity contribution in [1.29, 1.82) is 0 Å². The molecule has 0 amide bonds. The number of methoxy groups -OCH3 is 1. The molecule has 0 fully saturated rings. The molecule has 7 nitrogen and oxygen atoms in total. The first kappa shape index (κ1) is 28.8. The number of carbonyl (C=O) groups excluding carboxylic acids is 1. The number of hydrogen-bond acceptors (Lipinski definition) is 7. The van der Waals surface area contributed by atoms with Gasteiger partial charge in [-0.2, -0.15) is 21.6 Å². The van der Waals surface area contributed by atoms with Gasteiger partial charge in [0, 0.05) is 19.3 Å². The Morgan fingerprint density at radius 1 is 1.00 bits per heavy atom. The van der Waals surface area contributed by atoms with Crippen molar-refractivity contribution in [1.82, 2.24) is 0 Å². The summed E-state index contributed by atoms with van der Waals surface area (Å²) in [6.45, 7) is 2.80. The number of benzene rings is 2. The van der Waals surface area contributed by atoms with E-state index in [1.54, 1.807) is 19.1 Å². The zero-order chi connectivity index (χ0) is 26.1. The minimum atomic E-state index is -5.18. The van der Waals surface area contributed by atoms with Crippen LogP contribution in [0.25, 0.3) is 0 Å². The van der Waals surface area contributed by atoms with Crippen molar-refractivity contribution in [2.24, 2.45) is 0 Å². The van der Waals surface area contributed by atoms with Crippen molar-refractivity contribution in [3.05, 3.63) is 65.7 Å². The van der Waals surface area contributed by atoms with E-state index in [-0.39, 0.29) is 18.1 Å². The number of hydrogen-bond donors (Lipinski definition) is 0. The minimum absolute atomic E-state index is 0.147. The summed E-state index contributed by atoms with van der Waals surface area (Å²) in [5, 5.41) is 0. The lowest BCUT2D eigenvalue weighted by Crippen LogP contribution is -2.53. The molecule has 0 aliphatic heterocycles. The predicted molar refractivity (Wildman–Crippen MR) is 121 cm³/mol. The number of aryl methyl sites for hydroxylation is 1. The molecule has 0 spiro atoms. The molecule has 0 heterocycles. The third-order valence-electron chi connectivity index (χ3n) is 5.11. The molecule has 0 saturated carbocycles. The summed E-state index contributed by atoms with van der Waals surface area (Å²) < 4.78 is 87.8. The van der Waals surface area contributed by atoms with E-state index < -0.39 is 46.1 Å². The van der Waals surface area contributed by atoms with Crippen LogP contribution in [0.1, 0.15) is 30.9 Å². The molecule has 0 saturated heterocycles. The quantitative estimate of drug-likeness (QED) is 0.219. The van der Waals surface area contributed by atoms with E-state index in [1.165, 1.54) is 30.3 Å². The molecule has 0 aliphatic rings. The Balaban J connectivity index is 2.28. The number of halogens is 3. The number of ether oxygens (including phenoxy) is 3. The number of alkyl halides is 3. The molecule has 0 N–H and O–H groups in total. The molecule has 2 aromatic rings. The van der Waals surface area contributed by atoms with Gasteiger partial charge in [0.25, 0.3) is 15.7 Å². The summed E-state index contributed by atoms with van der Waals surface area (Å²) in [6.07, 6.45) is -5.20. The van der Waals surface area contributed by atoms with E-state index in [0.717, 1.165) is 31.2 Å². The van der Waals surface area contributed by atoms with Crippen LogP contribution < -0.4 is 0 Å². The van der Waals surface area contributed by atoms with Gasteiger partial charge in [0.05, 0.1) is 11.5 Å². The molecule has 2 aromatic carbocycles. The Morgan fingerprint density at radius 2 is 1.63 bits per heavy atom. The van der Waals surface area contributed by atoms with Crippen LogP contribution in [0.5, 0.6) is 0 Å². The van der Waals surface area contributed by atoms with Crippen LogP contribution in [0.2, 0.25) is 0 Å². The zero-order valence-electron chi connectivity index (χ0n) is 19.7. The van der Waals surface area contributed by atoms with Gasteiger partial charge in [-0.3, -0.25) is 4.18 Å². The van der Waals surface area contributed by atoms with Gasteiger partial charge in [0.1, 0.15) is 12.7 Å². The van der Waals surface area contributed by atoms with Gasteiger partial charge >= 0.3 is 12.1 Å². The third kappa shape index (κ3) is 7.26. The average Bonchev–Trinajstić information content (AvgIpc) is 2.81. The van der Waals surface area contributed by atoms with Gasteiger partial charge in [-0.1, -0.05) is 61.4 Å². The van der Waals surface area contributed by atoms with Crippen LogP contribution >= 0.6 is 0 Å². The van der Waals surface area contributed by atoms with Crippen molar-refractivity contribution in [2.75, 3.05) is 26.9 Å². The first-order valence-electron chi connectivity index (χ1n) is 10.9. The highest BCUT2D eigenvalue weighted by molar-refractivity contribution is 7.86. The van der Waals surface area contributed by atoms with E-state index in [4.69, 9.17) is 18.4 Å². The van der Waals surface area contributed by atoms with E-state index in [2.05, 4.69) is 0 Å². The fourth-order valence-electron chi connectivity index (χ4n) is 3.14. The topological polar surface area (TPSA) is 88.1 Å². The monoisotopic (exact) mass is 518 g/mol. The second-order valence-electron chi connectivity index (χ2n) is 7.76. The van der Waals surface area contributed by atoms with Crippen molar-refractivity contribution in [3.8, 4) is 0 Å². The van der Waals surface area contributed by atoms with Gasteiger partial charge in [-0.25, -0.2) is 4.79 Å². The Labute approximate surface area is 203 Å². The maximum Gasteiger partial charge on any atom is 0.432 e. The third-order valence-corrected chi connectivity index (χ3v) is 6.41. The first-order chi connectivity index (χ1) is 16.5. The molecule has 194 valence electrons. The van der Waals surface area contributed by atoms with Crippen LogP contribution in [-0.4, -0.2) is 53.6 Å². The van der Waals surface area contributed by atoms with Crippen LogP contribution in [-0.2, 0) is 38.9 Å². The van der Waals surface area contributed by atoms with Crippen LogP contribution in [0, 0.1) is 6.92 Å². The van der Waals surface area contributed by atoms with Gasteiger partial charge in [-0.15, -0.1) is 0 Å². The second kappa shape index (κ2) is 12.5. The minimum Gasteiger partial charge on any atom is -0.455 e. The van der Waals surface area contributed by atoms with Gasteiger partial charge < -0.3 is 14.2 Å². The van der Waals surface area contributed by atoms with Crippen LogP contribution in [0.4, 0.5) is 13.2 Å². The highest BCUT2D eigenvalue weighted by atomic mass is 32.2. The molecule has 2 rings (SSSR count). The number of rotatable bonds is 13. The Morgan fingerprint density at radius 3 is 2.17 bits per heavy atom. The van der Waals surface area contributed by atoms with Gasteiger partial charge in [0.15, 0.2) is 0 Å². The number of unbranched alkanes of at least 4 members (excludes halogenated alkanes) is 1. The molecular formula is C24H29F3O7S. The standard InChI is InChI=1S/C24H29F3O7S/c1-4-5-15-32-16-20(17-33-35(29,30)21-13-11-18(2)12-14-21)34-22(28)23(31-3,24(25,26)27)19-9-7-6-8-10-19/h6-14,20H,4-5,15-17H2,1-3H3/t20-,23-/m0/s1. The summed E-state index contributed by atoms with van der Waals surface area (Å²) in [5.74, 6) is -1.76. The number of carbonyl (C=O) groups is 1. The zero-order valence-corrected chi connectivity index (χ0v) is 20.5. The van der Waals surface area contributed by atoms with Crippen molar-refractivity contribution < 1.29 is 44.8 Å². The van der Waals surface area contributed by atoms with Crippen molar-refractivity contribution in [3.63, 3.8) is 0 Å². The molecule has 0 aliphatic carbocycles. The molecular weight excluding hydrogens is 489 g/mol. The number of esters is 1. The lowest BCUT2D eigenvalue weighted by Gasteiger charge is -2.33. The highest BCUT2D eigenvalue weighted by Gasteiger charge is 2.64. The Hall–Kier alpha value is -2.47. The van der Waals surface area contributed by atoms with E-state index >= 15 is 0 Å². The van der Waals surface area contributed by atoms with Crippen LogP contribution in [0.3, 0.4) is 0 Å². The smallest absolute Gasteiger partial charge is 0.432 e. The lowest BCUT2D eigenvalue weighted by molar-refractivity contribution is -0.279. The fraction of sp³-hybridized carbons (Fsp3) is 0.458. The lowest BCUT2D eigenvalue weighted by atomic mass is 9.92. The molecule has 0 aromatic heterocycles. The summed E-state index contributed by atoms with van der Waals surface area (Å²) >= 11 is 0. The second-order valence-corrected chi connectivity index (χ2v) is 9.37. The molecule has 0 bridgehead atoms. The maximum atomic E-state index is 14.2. The average molecular weight is 519 g/mol. The van der Waals surface area contributed by atoms with Gasteiger partial charge in [0.2, 0.25) is 0 Å². The Bertz CT molecular complexity index is 1040. The van der Waals surface area contributed by atoms with E-state index in [9.17, 15) is 26.4 Å². The summed E-state index contributed by atoms with van der Waals surface area (Å²) in [5.41, 5.74) is -3.09. The van der Waals surface area contributed by atoms with E-state index in [1.807, 2.05) is 6.92 Å². The normalized spacial score (nSPS) is 14.8. The van der Waals surface area contributed by atoms with Crippen molar-refractivity contribution in [2.45, 2.75) is 49.5 Å². The summed E-state index contributed by atoms with van der Waals surface area (Å²) in [6, 6.07) is 12.1. The summed E-state index contributed by atoms with van der Waals surface area (Å²) in [4.78, 5) is 12.8. The molecule has 2 atom stereocenters. The van der Waals surface area contributed by atoms with E-state index in [0.29, 0.717) is 6.42 Å².